The number of hydrogen-bond donors (Lipinski definition) is 2. The van der Waals surface area contributed by atoms with Gasteiger partial charge in [-0.2, -0.15) is 11.8 Å². The first-order chi connectivity index (χ1) is 10.7. The minimum absolute atomic E-state index is 0.279. The van der Waals surface area contributed by atoms with Crippen LogP contribution in [0.3, 0.4) is 0 Å². The van der Waals surface area contributed by atoms with E-state index >= 15 is 0 Å². The number of benzene rings is 1. The molecular weight excluding hydrogens is 296 g/mol. The zero-order valence-electron chi connectivity index (χ0n) is 13.3. The number of hydrogen-bond acceptors (Lipinski definition) is 4. The quantitative estimate of drug-likeness (QED) is 0.769. The monoisotopic (exact) mass is 322 g/mol. The highest BCUT2D eigenvalue weighted by molar-refractivity contribution is 7.98. The van der Waals surface area contributed by atoms with Gasteiger partial charge in [-0.1, -0.05) is 24.3 Å². The molecule has 1 aromatic carbocycles. The van der Waals surface area contributed by atoms with Gasteiger partial charge in [0.25, 0.3) is 0 Å². The summed E-state index contributed by atoms with van der Waals surface area (Å²) in [5, 5.41) is 12.6. The fraction of sp³-hybridized carbons (Fsp3) is 0.588. The van der Waals surface area contributed by atoms with Crippen molar-refractivity contribution in [2.45, 2.75) is 38.5 Å². The van der Waals surface area contributed by atoms with Crippen LogP contribution in [0.4, 0.5) is 0 Å². The molecular formula is C17H26N2O2S. The van der Waals surface area contributed by atoms with Crippen LogP contribution in [-0.4, -0.2) is 47.1 Å². The molecule has 1 aliphatic heterocycles. The summed E-state index contributed by atoms with van der Waals surface area (Å²) in [4.78, 5) is 14.3. The highest BCUT2D eigenvalue weighted by Gasteiger charge is 2.14. The maximum atomic E-state index is 11.8. The first-order valence-corrected chi connectivity index (χ1v) is 9.33. The normalized spacial score (nSPS) is 16.6. The van der Waals surface area contributed by atoms with Gasteiger partial charge in [-0.15, -0.1) is 0 Å². The van der Waals surface area contributed by atoms with Gasteiger partial charge >= 0.3 is 0 Å². The third kappa shape index (κ3) is 5.63. The summed E-state index contributed by atoms with van der Waals surface area (Å²) in [6.07, 6.45) is 4.16. The van der Waals surface area contributed by atoms with Gasteiger partial charge in [-0.25, -0.2) is 0 Å². The van der Waals surface area contributed by atoms with Crippen LogP contribution in [0.5, 0.6) is 0 Å². The Hall–Kier alpha value is -1.04. The fourth-order valence-electron chi connectivity index (χ4n) is 2.70. The molecule has 0 radical (unpaired) electrons. The Morgan fingerprint density at radius 2 is 2.09 bits per heavy atom. The van der Waals surface area contributed by atoms with Crippen molar-refractivity contribution in [3.05, 3.63) is 35.4 Å². The standard InChI is InChI=1S/C17H26N2O2S/c1-22-10-7-16(20)17(21)18-12-14-5-4-6-15(11-14)13-19-8-2-3-9-19/h4-6,11,16,20H,2-3,7-10,12-13H2,1H3,(H,18,21). The molecule has 122 valence electrons. The summed E-state index contributed by atoms with van der Waals surface area (Å²) < 4.78 is 0. The second kappa shape index (κ2) is 9.18. The number of thioether (sulfide) groups is 1. The van der Waals surface area contributed by atoms with Gasteiger partial charge in [0.1, 0.15) is 6.10 Å². The summed E-state index contributed by atoms with van der Waals surface area (Å²) in [5.74, 6) is 0.513. The Labute approximate surface area is 137 Å². The molecule has 2 N–H and O–H groups in total. The van der Waals surface area contributed by atoms with E-state index in [0.717, 1.165) is 17.9 Å². The lowest BCUT2D eigenvalue weighted by Gasteiger charge is -2.15. The highest BCUT2D eigenvalue weighted by atomic mass is 32.2. The minimum atomic E-state index is -0.903. The van der Waals surface area contributed by atoms with Crippen LogP contribution < -0.4 is 5.32 Å². The third-order valence-corrected chi connectivity index (χ3v) is 4.61. The number of carbonyl (C=O) groups excluding carboxylic acids is 1. The lowest BCUT2D eigenvalue weighted by atomic mass is 10.1. The van der Waals surface area contributed by atoms with E-state index in [-0.39, 0.29) is 5.91 Å². The lowest BCUT2D eigenvalue weighted by Crippen LogP contribution is -2.34. The van der Waals surface area contributed by atoms with E-state index in [1.807, 2.05) is 18.4 Å². The summed E-state index contributed by atoms with van der Waals surface area (Å²) in [6, 6.07) is 8.34. The van der Waals surface area contributed by atoms with E-state index in [9.17, 15) is 9.90 Å². The summed E-state index contributed by atoms with van der Waals surface area (Å²) in [5.41, 5.74) is 2.37. The van der Waals surface area contributed by atoms with E-state index in [1.54, 1.807) is 11.8 Å². The first kappa shape index (κ1) is 17.3. The summed E-state index contributed by atoms with van der Waals surface area (Å²) in [7, 11) is 0. The van der Waals surface area contributed by atoms with Crippen LogP contribution in [0.15, 0.2) is 24.3 Å². The van der Waals surface area contributed by atoms with Crippen molar-refractivity contribution in [2.75, 3.05) is 25.1 Å². The molecule has 0 aromatic heterocycles. The van der Waals surface area contributed by atoms with Crippen molar-refractivity contribution in [1.82, 2.24) is 10.2 Å². The molecule has 1 amide bonds. The highest BCUT2D eigenvalue weighted by Crippen LogP contribution is 2.14. The molecule has 4 nitrogen and oxygen atoms in total. The van der Waals surface area contributed by atoms with Crippen LogP contribution in [0.1, 0.15) is 30.4 Å². The molecule has 2 rings (SSSR count). The molecule has 1 heterocycles. The van der Waals surface area contributed by atoms with Gasteiger partial charge in [0.15, 0.2) is 0 Å². The van der Waals surface area contributed by atoms with Crippen LogP contribution >= 0.6 is 11.8 Å². The van der Waals surface area contributed by atoms with Crippen molar-refractivity contribution in [3.8, 4) is 0 Å². The molecule has 1 unspecified atom stereocenters. The molecule has 1 aliphatic rings. The molecule has 1 atom stereocenters. The molecule has 1 fully saturated rings. The van der Waals surface area contributed by atoms with E-state index in [1.165, 1.54) is 31.5 Å². The molecule has 0 spiro atoms. The van der Waals surface area contributed by atoms with Crippen molar-refractivity contribution in [3.63, 3.8) is 0 Å². The van der Waals surface area contributed by atoms with Crippen molar-refractivity contribution in [1.29, 1.82) is 0 Å². The Morgan fingerprint density at radius 1 is 1.36 bits per heavy atom. The molecule has 1 saturated heterocycles. The topological polar surface area (TPSA) is 52.6 Å². The van der Waals surface area contributed by atoms with Gasteiger partial charge in [-0.3, -0.25) is 9.69 Å². The zero-order chi connectivity index (χ0) is 15.8. The first-order valence-electron chi connectivity index (χ1n) is 7.94. The van der Waals surface area contributed by atoms with Gasteiger partial charge in [0.05, 0.1) is 0 Å². The Kier molecular flexibility index (Phi) is 7.22. The lowest BCUT2D eigenvalue weighted by molar-refractivity contribution is -0.129. The van der Waals surface area contributed by atoms with Gasteiger partial charge in [-0.05, 0) is 55.5 Å². The number of amides is 1. The number of rotatable bonds is 8. The average Bonchev–Trinajstić information content (AvgIpc) is 3.03. The Morgan fingerprint density at radius 3 is 2.82 bits per heavy atom. The van der Waals surface area contributed by atoms with Gasteiger partial charge in [0, 0.05) is 13.1 Å². The molecule has 0 aliphatic carbocycles. The van der Waals surface area contributed by atoms with Crippen molar-refractivity contribution < 1.29 is 9.90 Å². The predicted octanol–water partition coefficient (Wildman–Crippen LogP) is 2.01. The number of nitrogens with one attached hydrogen (secondary N) is 1. The number of nitrogens with zero attached hydrogens (tertiary/aromatic N) is 1. The largest absolute Gasteiger partial charge is 0.383 e. The minimum Gasteiger partial charge on any atom is -0.383 e. The van der Waals surface area contributed by atoms with Gasteiger partial charge < -0.3 is 10.4 Å². The van der Waals surface area contributed by atoms with E-state index in [2.05, 4.69) is 22.3 Å². The summed E-state index contributed by atoms with van der Waals surface area (Å²) in [6.45, 7) is 3.83. The van der Waals surface area contributed by atoms with Crippen LogP contribution in [-0.2, 0) is 17.9 Å². The Bertz CT molecular complexity index is 475. The molecule has 5 heteroatoms. The van der Waals surface area contributed by atoms with Crippen LogP contribution in [0, 0.1) is 0 Å². The molecule has 0 saturated carbocycles. The third-order valence-electron chi connectivity index (χ3n) is 3.96. The smallest absolute Gasteiger partial charge is 0.249 e. The second-order valence-corrected chi connectivity index (χ2v) is 6.80. The predicted molar refractivity (Wildman–Crippen MR) is 91.8 cm³/mol. The average molecular weight is 322 g/mol. The van der Waals surface area contributed by atoms with E-state index in [4.69, 9.17) is 0 Å². The number of aliphatic hydroxyl groups excluding tert-OH is 1. The fourth-order valence-corrected chi connectivity index (χ4v) is 3.16. The zero-order valence-corrected chi connectivity index (χ0v) is 14.1. The van der Waals surface area contributed by atoms with Crippen LogP contribution in [0.2, 0.25) is 0 Å². The second-order valence-electron chi connectivity index (χ2n) is 5.82. The number of likely N-dealkylation sites (tertiary alicyclic amines) is 1. The number of aliphatic hydroxyl groups is 1. The maximum absolute atomic E-state index is 11.8. The summed E-state index contributed by atoms with van der Waals surface area (Å²) >= 11 is 1.63. The Balaban J connectivity index is 1.80. The van der Waals surface area contributed by atoms with E-state index < -0.39 is 6.10 Å². The number of carbonyl (C=O) groups is 1. The molecule has 0 bridgehead atoms. The van der Waals surface area contributed by atoms with Gasteiger partial charge in [0.2, 0.25) is 5.91 Å². The molecule has 22 heavy (non-hydrogen) atoms. The molecule has 1 aromatic rings. The SMILES string of the molecule is CSCCC(O)C(=O)NCc1cccc(CN2CCCC2)c1. The van der Waals surface area contributed by atoms with Crippen LogP contribution in [0.25, 0.3) is 0 Å². The maximum Gasteiger partial charge on any atom is 0.249 e. The van der Waals surface area contributed by atoms with Crippen molar-refractivity contribution >= 4 is 17.7 Å². The van der Waals surface area contributed by atoms with E-state index in [0.29, 0.717) is 13.0 Å². The van der Waals surface area contributed by atoms with Crippen molar-refractivity contribution in [2.24, 2.45) is 0 Å².